The van der Waals surface area contributed by atoms with Crippen LogP contribution < -0.4 is 20.4 Å². The summed E-state index contributed by atoms with van der Waals surface area (Å²) in [6.45, 7) is 2.59. The van der Waals surface area contributed by atoms with Crippen molar-refractivity contribution in [2.75, 3.05) is 34.8 Å². The van der Waals surface area contributed by atoms with E-state index in [1.165, 1.54) is 29.2 Å². The summed E-state index contributed by atoms with van der Waals surface area (Å²) in [5.41, 5.74) is 0.277. The number of aromatic nitrogens is 1. The number of carbonyl (C=O) groups excluding carboxylic acids is 1. The zero-order chi connectivity index (χ0) is 27.0. The molecule has 38 heavy (non-hydrogen) atoms. The summed E-state index contributed by atoms with van der Waals surface area (Å²) in [5.74, 6) is -2.52. The van der Waals surface area contributed by atoms with Crippen LogP contribution in [0.1, 0.15) is 25.3 Å². The maximum atomic E-state index is 15.6. The standard InChI is InChI=1S/C27H25F3N6O2/c1-2-35-26-19(10-16(28)14-34-26)18-4-3-15(13-31)9-23(18)36(27(35)38)25-20(29)11-17(12-21(25)30)32-7-8-33-22-5-6-24(22)37/h3-4,9-12,14,22,24,32-33,37H,2,5-8H2,1H3/t22-,24-/m1/s1. The van der Waals surface area contributed by atoms with Gasteiger partial charge in [0.25, 0.3) is 0 Å². The number of hydrogen-bond donors (Lipinski definition) is 3. The fraction of sp³-hybridized carbons (Fsp3) is 0.296. The van der Waals surface area contributed by atoms with Crippen molar-refractivity contribution in [3.63, 3.8) is 0 Å². The van der Waals surface area contributed by atoms with E-state index in [2.05, 4.69) is 15.6 Å². The lowest BCUT2D eigenvalue weighted by Gasteiger charge is -2.33. The molecule has 0 unspecified atom stereocenters. The summed E-state index contributed by atoms with van der Waals surface area (Å²) in [6.07, 6.45) is 2.22. The van der Waals surface area contributed by atoms with E-state index in [1.807, 2.05) is 6.07 Å². The van der Waals surface area contributed by atoms with E-state index in [4.69, 9.17) is 0 Å². The molecule has 2 aliphatic rings. The van der Waals surface area contributed by atoms with Gasteiger partial charge in [0.15, 0.2) is 11.6 Å². The minimum atomic E-state index is -1.00. The number of urea groups is 1. The molecular formula is C27H25F3N6O2. The third kappa shape index (κ3) is 4.53. The molecule has 5 rings (SSSR count). The number of rotatable bonds is 7. The van der Waals surface area contributed by atoms with Gasteiger partial charge in [-0.2, -0.15) is 5.26 Å². The van der Waals surface area contributed by atoms with Gasteiger partial charge in [0.1, 0.15) is 17.3 Å². The van der Waals surface area contributed by atoms with Crippen LogP contribution in [0.5, 0.6) is 0 Å². The molecule has 0 radical (unpaired) electrons. The Morgan fingerprint density at radius 3 is 2.50 bits per heavy atom. The van der Waals surface area contributed by atoms with E-state index >= 15 is 8.78 Å². The zero-order valence-electron chi connectivity index (χ0n) is 20.5. The Hall–Kier alpha value is -4.14. The SMILES string of the molecule is CCN1C(=O)N(c2c(F)cc(NCCN[C@@H]3CC[C@H]3O)cc2F)c2cc(C#N)ccc2-c2cc(F)cnc21. The highest BCUT2D eigenvalue weighted by atomic mass is 19.1. The van der Waals surface area contributed by atoms with Crippen molar-refractivity contribution in [1.82, 2.24) is 10.3 Å². The third-order valence-electron chi connectivity index (χ3n) is 6.82. The predicted octanol–water partition coefficient (Wildman–Crippen LogP) is 4.66. The Morgan fingerprint density at radius 2 is 1.87 bits per heavy atom. The van der Waals surface area contributed by atoms with Gasteiger partial charge >= 0.3 is 6.03 Å². The molecule has 2 amide bonds. The van der Waals surface area contributed by atoms with Crippen molar-refractivity contribution in [3.05, 3.63) is 65.6 Å². The number of benzene rings is 2. The van der Waals surface area contributed by atoms with Gasteiger partial charge in [0.2, 0.25) is 0 Å². The summed E-state index contributed by atoms with van der Waals surface area (Å²) in [5, 5.41) is 25.2. The number of carbonyl (C=O) groups is 1. The predicted molar refractivity (Wildman–Crippen MR) is 137 cm³/mol. The molecule has 1 aliphatic heterocycles. The number of hydrogen-bond acceptors (Lipinski definition) is 6. The summed E-state index contributed by atoms with van der Waals surface area (Å²) < 4.78 is 45.4. The first kappa shape index (κ1) is 25.5. The molecule has 2 atom stereocenters. The first-order valence-electron chi connectivity index (χ1n) is 12.3. The van der Waals surface area contributed by atoms with Crippen LogP contribution in [0.3, 0.4) is 0 Å². The summed E-state index contributed by atoms with van der Waals surface area (Å²) in [7, 11) is 0. The fourth-order valence-electron chi connectivity index (χ4n) is 4.74. The molecule has 1 aliphatic carbocycles. The van der Waals surface area contributed by atoms with Crippen LogP contribution in [0.15, 0.2) is 42.6 Å². The number of nitrogens with zero attached hydrogens (tertiary/aromatic N) is 4. The first-order chi connectivity index (χ1) is 18.3. The lowest BCUT2D eigenvalue weighted by atomic mass is 9.89. The van der Waals surface area contributed by atoms with Gasteiger partial charge in [-0.1, -0.05) is 6.07 Å². The van der Waals surface area contributed by atoms with Crippen LogP contribution in [0.2, 0.25) is 0 Å². The van der Waals surface area contributed by atoms with E-state index in [1.54, 1.807) is 6.92 Å². The maximum absolute atomic E-state index is 15.6. The molecule has 196 valence electrons. The molecular weight excluding hydrogens is 497 g/mol. The van der Waals surface area contributed by atoms with E-state index in [-0.39, 0.29) is 47.0 Å². The molecule has 11 heteroatoms. The number of fused-ring (bicyclic) bond motifs is 3. The van der Waals surface area contributed by atoms with Crippen LogP contribution in [0.4, 0.5) is 40.8 Å². The van der Waals surface area contributed by atoms with Crippen molar-refractivity contribution in [2.24, 2.45) is 0 Å². The maximum Gasteiger partial charge on any atom is 0.334 e. The van der Waals surface area contributed by atoms with E-state index in [0.29, 0.717) is 18.7 Å². The number of aliphatic hydroxyl groups is 1. The third-order valence-corrected chi connectivity index (χ3v) is 6.82. The van der Waals surface area contributed by atoms with Crippen LogP contribution in [-0.4, -0.2) is 47.9 Å². The highest BCUT2D eigenvalue weighted by molar-refractivity contribution is 6.14. The van der Waals surface area contributed by atoms with Crippen LogP contribution >= 0.6 is 0 Å². The number of amides is 2. The van der Waals surface area contributed by atoms with Gasteiger partial charge in [-0.15, -0.1) is 0 Å². The molecule has 8 nitrogen and oxygen atoms in total. The van der Waals surface area contributed by atoms with Gasteiger partial charge in [-0.05, 0) is 50.1 Å². The van der Waals surface area contributed by atoms with E-state index < -0.39 is 29.2 Å². The van der Waals surface area contributed by atoms with Crippen molar-refractivity contribution in [1.29, 1.82) is 5.26 Å². The van der Waals surface area contributed by atoms with Crippen molar-refractivity contribution in [2.45, 2.75) is 31.9 Å². The smallest absolute Gasteiger partial charge is 0.334 e. The van der Waals surface area contributed by atoms with Crippen LogP contribution in [-0.2, 0) is 0 Å². The second kappa shape index (κ2) is 10.3. The molecule has 2 aromatic carbocycles. The molecule has 0 spiro atoms. The number of nitrogens with one attached hydrogen (secondary N) is 2. The average Bonchev–Trinajstić information content (AvgIpc) is 2.99. The minimum Gasteiger partial charge on any atom is -0.392 e. The van der Waals surface area contributed by atoms with Gasteiger partial charge in [0, 0.05) is 42.5 Å². The largest absolute Gasteiger partial charge is 0.392 e. The Balaban J connectivity index is 1.54. The average molecular weight is 523 g/mol. The highest BCUT2D eigenvalue weighted by Crippen LogP contribution is 2.45. The number of halogens is 3. The summed E-state index contributed by atoms with van der Waals surface area (Å²) in [6, 6.07) is 8.89. The fourth-order valence-corrected chi connectivity index (χ4v) is 4.74. The van der Waals surface area contributed by atoms with Gasteiger partial charge in [-0.3, -0.25) is 9.80 Å². The molecule has 0 bridgehead atoms. The van der Waals surface area contributed by atoms with Gasteiger partial charge in [0.05, 0.1) is 29.6 Å². The molecule has 3 aromatic rings. The summed E-state index contributed by atoms with van der Waals surface area (Å²) >= 11 is 0. The van der Waals surface area contributed by atoms with Crippen molar-refractivity contribution >= 4 is 28.9 Å². The quantitative estimate of drug-likeness (QED) is 0.390. The Bertz CT molecular complexity index is 1420. The normalized spacial score (nSPS) is 18.3. The Labute approximate surface area is 217 Å². The number of aliphatic hydroxyl groups excluding tert-OH is 1. The minimum absolute atomic E-state index is 0.0219. The molecule has 1 aromatic heterocycles. The molecule has 0 saturated heterocycles. The van der Waals surface area contributed by atoms with Crippen molar-refractivity contribution in [3.8, 4) is 17.2 Å². The van der Waals surface area contributed by atoms with Crippen molar-refractivity contribution < 1.29 is 23.1 Å². The molecule has 1 fully saturated rings. The Morgan fingerprint density at radius 1 is 1.11 bits per heavy atom. The second-order valence-corrected chi connectivity index (χ2v) is 9.15. The highest BCUT2D eigenvalue weighted by Gasteiger charge is 2.36. The monoisotopic (exact) mass is 522 g/mol. The van der Waals surface area contributed by atoms with Gasteiger partial charge in [-0.25, -0.2) is 22.9 Å². The topological polar surface area (TPSA) is 105 Å². The molecule has 3 N–H and O–H groups in total. The van der Waals surface area contributed by atoms with Crippen LogP contribution in [0, 0.1) is 28.8 Å². The number of nitriles is 1. The summed E-state index contributed by atoms with van der Waals surface area (Å²) in [4.78, 5) is 19.9. The van der Waals surface area contributed by atoms with E-state index in [9.17, 15) is 19.6 Å². The lowest BCUT2D eigenvalue weighted by molar-refractivity contribution is 0.0509. The number of anilines is 4. The van der Waals surface area contributed by atoms with Gasteiger partial charge < -0.3 is 15.7 Å². The second-order valence-electron chi connectivity index (χ2n) is 9.15. The molecule has 2 heterocycles. The zero-order valence-corrected chi connectivity index (χ0v) is 20.5. The first-order valence-corrected chi connectivity index (χ1v) is 12.3. The Kier molecular flexibility index (Phi) is 6.93. The number of pyridine rings is 1. The molecule has 1 saturated carbocycles. The lowest BCUT2D eigenvalue weighted by Crippen LogP contribution is -2.49. The van der Waals surface area contributed by atoms with E-state index in [0.717, 1.165) is 36.1 Å². The van der Waals surface area contributed by atoms with Crippen LogP contribution in [0.25, 0.3) is 11.1 Å².